The van der Waals surface area contributed by atoms with Crippen molar-refractivity contribution in [2.75, 3.05) is 6.54 Å². The molecule has 1 atom stereocenters. The Morgan fingerprint density at radius 1 is 1.21 bits per heavy atom. The number of carboxylic acids is 1. The minimum Gasteiger partial charge on any atom is -0.480 e. The number of likely N-dealkylation sites (tertiary alicyclic amines) is 1. The Hall–Kier alpha value is -2.43. The molecule has 0 saturated carbocycles. The molecule has 1 N–H and O–H groups in total. The van der Waals surface area contributed by atoms with Crippen LogP contribution in [0.1, 0.15) is 46.4 Å². The number of pyridine rings is 1. The van der Waals surface area contributed by atoms with Crippen molar-refractivity contribution in [1.82, 2.24) is 9.88 Å². The van der Waals surface area contributed by atoms with Crippen molar-refractivity contribution in [2.45, 2.75) is 46.1 Å². The van der Waals surface area contributed by atoms with Gasteiger partial charge in [-0.25, -0.2) is 4.79 Å². The first-order valence-electron chi connectivity index (χ1n) is 8.31. The number of aliphatic carboxylic acids is 1. The summed E-state index contributed by atoms with van der Waals surface area (Å²) < 4.78 is 0. The second-order valence-corrected chi connectivity index (χ2v) is 6.57. The zero-order valence-electron chi connectivity index (χ0n) is 14.3. The number of fused-ring (bicyclic) bond motifs is 1. The number of hydrogen-bond donors (Lipinski definition) is 1. The van der Waals surface area contributed by atoms with Gasteiger partial charge in [0.25, 0.3) is 5.91 Å². The topological polar surface area (TPSA) is 70.5 Å². The highest BCUT2D eigenvalue weighted by atomic mass is 16.4. The van der Waals surface area contributed by atoms with Crippen molar-refractivity contribution in [3.8, 4) is 0 Å². The molecule has 0 unspecified atom stereocenters. The molecular formula is C19H22N2O3. The second kappa shape index (κ2) is 6.23. The largest absolute Gasteiger partial charge is 0.480 e. The molecule has 1 aliphatic rings. The van der Waals surface area contributed by atoms with Gasteiger partial charge in [-0.3, -0.25) is 9.78 Å². The summed E-state index contributed by atoms with van der Waals surface area (Å²) in [6, 6.07) is 5.11. The Bertz CT molecular complexity index is 829. The second-order valence-electron chi connectivity index (χ2n) is 6.57. The van der Waals surface area contributed by atoms with Crippen LogP contribution in [0.4, 0.5) is 0 Å². The lowest BCUT2D eigenvalue weighted by molar-refractivity contribution is -0.143. The first-order valence-corrected chi connectivity index (χ1v) is 8.31. The highest BCUT2D eigenvalue weighted by Crippen LogP contribution is 2.28. The fourth-order valence-corrected chi connectivity index (χ4v) is 3.45. The van der Waals surface area contributed by atoms with E-state index in [-0.39, 0.29) is 5.91 Å². The Kier molecular flexibility index (Phi) is 4.26. The molecule has 3 rings (SSSR count). The average molecular weight is 326 g/mol. The van der Waals surface area contributed by atoms with Crippen LogP contribution >= 0.6 is 0 Å². The van der Waals surface area contributed by atoms with E-state index in [1.54, 1.807) is 0 Å². The molecule has 0 spiro atoms. The van der Waals surface area contributed by atoms with Gasteiger partial charge in [-0.15, -0.1) is 0 Å². The maximum Gasteiger partial charge on any atom is 0.326 e. The van der Waals surface area contributed by atoms with Crippen LogP contribution in [0.3, 0.4) is 0 Å². The van der Waals surface area contributed by atoms with Gasteiger partial charge >= 0.3 is 5.97 Å². The summed E-state index contributed by atoms with van der Waals surface area (Å²) in [6.45, 7) is 6.24. The lowest BCUT2D eigenvalue weighted by atomic mass is 9.96. The van der Waals surface area contributed by atoms with Gasteiger partial charge in [-0.05, 0) is 57.7 Å². The third-order valence-corrected chi connectivity index (χ3v) is 4.89. The summed E-state index contributed by atoms with van der Waals surface area (Å²) in [5.41, 5.74) is 4.05. The molecule has 1 aliphatic heterocycles. The van der Waals surface area contributed by atoms with Crippen molar-refractivity contribution < 1.29 is 14.7 Å². The molecule has 1 aromatic heterocycles. The minimum atomic E-state index is -0.924. The van der Waals surface area contributed by atoms with Gasteiger partial charge in [0.1, 0.15) is 6.04 Å². The molecule has 1 aromatic carbocycles. The van der Waals surface area contributed by atoms with Crippen LogP contribution in [0.5, 0.6) is 0 Å². The number of benzene rings is 1. The van der Waals surface area contributed by atoms with Gasteiger partial charge in [0.15, 0.2) is 0 Å². The molecular weight excluding hydrogens is 304 g/mol. The summed E-state index contributed by atoms with van der Waals surface area (Å²) in [4.78, 5) is 30.9. The summed E-state index contributed by atoms with van der Waals surface area (Å²) in [5, 5.41) is 10.3. The summed E-state index contributed by atoms with van der Waals surface area (Å²) in [7, 11) is 0. The Morgan fingerprint density at radius 2 is 1.96 bits per heavy atom. The predicted molar refractivity (Wildman–Crippen MR) is 92.3 cm³/mol. The maximum absolute atomic E-state index is 13.2. The van der Waals surface area contributed by atoms with Crippen molar-refractivity contribution in [1.29, 1.82) is 0 Å². The van der Waals surface area contributed by atoms with Gasteiger partial charge < -0.3 is 10.0 Å². The van der Waals surface area contributed by atoms with E-state index in [1.165, 1.54) is 4.90 Å². The molecule has 1 fully saturated rings. The molecule has 24 heavy (non-hydrogen) atoms. The first kappa shape index (κ1) is 16.4. The lowest BCUT2D eigenvalue weighted by Crippen LogP contribution is -2.48. The quantitative estimate of drug-likeness (QED) is 0.920. The Labute approximate surface area is 141 Å². The predicted octanol–water partition coefficient (Wildman–Crippen LogP) is 3.24. The summed E-state index contributed by atoms with van der Waals surface area (Å²) in [5.74, 6) is -1.12. The molecule has 5 heteroatoms. The Balaban J connectivity index is 2.17. The SMILES string of the molecule is Cc1ccc2nc(C)c(C)c(C(=O)N3CCCC[C@@H]3C(=O)O)c2c1. The summed E-state index contributed by atoms with van der Waals surface area (Å²) in [6.07, 6.45) is 2.20. The van der Waals surface area contributed by atoms with Gasteiger partial charge in [0.2, 0.25) is 0 Å². The monoisotopic (exact) mass is 326 g/mol. The highest BCUT2D eigenvalue weighted by molar-refractivity contribution is 6.08. The molecule has 126 valence electrons. The fraction of sp³-hybridized carbons (Fsp3) is 0.421. The number of aryl methyl sites for hydroxylation is 2. The zero-order valence-corrected chi connectivity index (χ0v) is 14.3. The summed E-state index contributed by atoms with van der Waals surface area (Å²) >= 11 is 0. The number of carboxylic acid groups (broad SMARTS) is 1. The van der Waals surface area contributed by atoms with Gasteiger partial charge in [0, 0.05) is 17.6 Å². The third kappa shape index (κ3) is 2.75. The van der Waals surface area contributed by atoms with Crippen molar-refractivity contribution >= 4 is 22.8 Å². The van der Waals surface area contributed by atoms with Crippen LogP contribution < -0.4 is 0 Å². The minimum absolute atomic E-state index is 0.194. The van der Waals surface area contributed by atoms with Gasteiger partial charge in [0.05, 0.1) is 11.1 Å². The van der Waals surface area contributed by atoms with Crippen LogP contribution in [-0.4, -0.2) is 39.5 Å². The molecule has 5 nitrogen and oxygen atoms in total. The van der Waals surface area contributed by atoms with E-state index in [2.05, 4.69) is 4.98 Å². The van der Waals surface area contributed by atoms with E-state index >= 15 is 0 Å². The smallest absolute Gasteiger partial charge is 0.326 e. The number of nitrogens with zero attached hydrogens (tertiary/aromatic N) is 2. The normalized spacial score (nSPS) is 18.0. The van der Waals surface area contributed by atoms with E-state index in [9.17, 15) is 14.7 Å². The van der Waals surface area contributed by atoms with E-state index in [0.29, 0.717) is 18.5 Å². The number of rotatable bonds is 2. The van der Waals surface area contributed by atoms with Crippen LogP contribution in [0.25, 0.3) is 10.9 Å². The number of carbonyl (C=O) groups is 2. The van der Waals surface area contributed by atoms with Crippen LogP contribution in [0, 0.1) is 20.8 Å². The van der Waals surface area contributed by atoms with E-state index in [1.807, 2.05) is 39.0 Å². The molecule has 0 aliphatic carbocycles. The van der Waals surface area contributed by atoms with Crippen LogP contribution in [0.2, 0.25) is 0 Å². The standard InChI is InChI=1S/C19H22N2O3/c1-11-7-8-15-14(10-11)17(12(2)13(3)20-15)18(22)21-9-5-4-6-16(21)19(23)24/h7-8,10,16H,4-6,9H2,1-3H3,(H,23,24)/t16-/m1/s1. The van der Waals surface area contributed by atoms with Crippen molar-refractivity contribution in [3.63, 3.8) is 0 Å². The third-order valence-electron chi connectivity index (χ3n) is 4.89. The van der Waals surface area contributed by atoms with Crippen molar-refractivity contribution in [2.24, 2.45) is 0 Å². The van der Waals surface area contributed by atoms with Gasteiger partial charge in [-0.1, -0.05) is 11.6 Å². The van der Waals surface area contributed by atoms with Crippen LogP contribution in [-0.2, 0) is 4.79 Å². The molecule has 1 saturated heterocycles. The zero-order chi connectivity index (χ0) is 17.4. The molecule has 0 bridgehead atoms. The van der Waals surface area contributed by atoms with E-state index in [0.717, 1.165) is 40.6 Å². The average Bonchev–Trinajstić information content (AvgIpc) is 2.56. The number of hydrogen-bond acceptors (Lipinski definition) is 3. The number of piperidine rings is 1. The Morgan fingerprint density at radius 3 is 2.67 bits per heavy atom. The molecule has 0 radical (unpaired) electrons. The highest BCUT2D eigenvalue weighted by Gasteiger charge is 2.34. The van der Waals surface area contributed by atoms with Gasteiger partial charge in [-0.2, -0.15) is 0 Å². The first-order chi connectivity index (χ1) is 11.4. The number of carbonyl (C=O) groups excluding carboxylic acids is 1. The molecule has 2 aromatic rings. The number of amides is 1. The van der Waals surface area contributed by atoms with Crippen LogP contribution in [0.15, 0.2) is 18.2 Å². The van der Waals surface area contributed by atoms with E-state index < -0.39 is 12.0 Å². The lowest BCUT2D eigenvalue weighted by Gasteiger charge is -2.33. The molecule has 2 heterocycles. The molecule has 1 amide bonds. The van der Waals surface area contributed by atoms with E-state index in [4.69, 9.17) is 0 Å². The fourth-order valence-electron chi connectivity index (χ4n) is 3.45. The van der Waals surface area contributed by atoms with Crippen molar-refractivity contribution in [3.05, 3.63) is 40.6 Å². The maximum atomic E-state index is 13.2. The number of aromatic nitrogens is 1.